The van der Waals surface area contributed by atoms with E-state index >= 15 is 0 Å². The van der Waals surface area contributed by atoms with Crippen molar-refractivity contribution < 1.29 is 23.0 Å². The number of aromatic nitrogens is 1. The van der Waals surface area contributed by atoms with Crippen LogP contribution in [0.25, 0.3) is 10.2 Å². The lowest BCUT2D eigenvalue weighted by atomic mass is 10.3. The Labute approximate surface area is 177 Å². The lowest BCUT2D eigenvalue weighted by Gasteiger charge is -2.22. The molecule has 1 aromatic heterocycles. The number of amides is 1. The smallest absolute Gasteiger partial charge is 0.266 e. The molecular formula is C21H23F2N3O3S. The monoisotopic (exact) mass is 435 g/mol. The van der Waals surface area contributed by atoms with Crippen LogP contribution in [0.4, 0.5) is 13.9 Å². The van der Waals surface area contributed by atoms with Gasteiger partial charge in [0, 0.05) is 19.2 Å². The van der Waals surface area contributed by atoms with E-state index in [2.05, 4.69) is 4.98 Å². The molecule has 0 unspecified atom stereocenters. The van der Waals surface area contributed by atoms with Gasteiger partial charge in [-0.05, 0) is 51.4 Å². The van der Waals surface area contributed by atoms with Gasteiger partial charge in [-0.25, -0.2) is 13.8 Å². The minimum absolute atomic E-state index is 0.0477. The first-order chi connectivity index (χ1) is 14.4. The zero-order chi connectivity index (χ0) is 21.7. The molecule has 6 nitrogen and oxygen atoms in total. The van der Waals surface area contributed by atoms with Gasteiger partial charge in [-0.2, -0.15) is 0 Å². The van der Waals surface area contributed by atoms with Gasteiger partial charge in [0.05, 0.1) is 11.3 Å². The zero-order valence-corrected chi connectivity index (χ0v) is 17.8. The molecule has 0 aliphatic rings. The first kappa shape index (κ1) is 21.9. The van der Waals surface area contributed by atoms with Gasteiger partial charge in [-0.1, -0.05) is 11.3 Å². The number of benzene rings is 2. The van der Waals surface area contributed by atoms with Crippen LogP contribution in [0.2, 0.25) is 0 Å². The average Bonchev–Trinajstić information content (AvgIpc) is 3.11. The normalized spacial score (nSPS) is 11.1. The fraction of sp³-hybridized carbons (Fsp3) is 0.333. The molecule has 9 heteroatoms. The fourth-order valence-corrected chi connectivity index (χ4v) is 3.76. The standard InChI is InChI=1S/C21H23F2N3O3S/c1-4-28-15-5-7-16(8-6-15)29-13-19(27)26(10-9-25(2)3)21-24-20-17(23)11-14(22)12-18(20)30-21/h5-8,11-12H,4,9-10,13H2,1-3H3. The van der Waals surface area contributed by atoms with E-state index in [4.69, 9.17) is 9.47 Å². The summed E-state index contributed by atoms with van der Waals surface area (Å²) in [6.07, 6.45) is 0. The number of likely N-dealkylation sites (N-methyl/N-ethyl adjacent to an activating group) is 1. The lowest BCUT2D eigenvalue weighted by Crippen LogP contribution is -2.39. The van der Waals surface area contributed by atoms with Crippen LogP contribution < -0.4 is 14.4 Å². The predicted molar refractivity (Wildman–Crippen MR) is 114 cm³/mol. The molecule has 0 atom stereocenters. The Hall–Kier alpha value is -2.78. The van der Waals surface area contributed by atoms with Crippen LogP contribution in [-0.4, -0.2) is 56.2 Å². The van der Waals surface area contributed by atoms with Gasteiger partial charge in [0.25, 0.3) is 5.91 Å². The summed E-state index contributed by atoms with van der Waals surface area (Å²) in [5, 5.41) is 0.302. The number of thiazole rings is 1. The number of halogens is 2. The molecule has 160 valence electrons. The van der Waals surface area contributed by atoms with Gasteiger partial charge >= 0.3 is 0 Å². The minimum atomic E-state index is -0.752. The van der Waals surface area contributed by atoms with Crippen LogP contribution in [-0.2, 0) is 4.79 Å². The Balaban J connectivity index is 1.77. The van der Waals surface area contributed by atoms with Gasteiger partial charge in [-0.3, -0.25) is 9.69 Å². The quantitative estimate of drug-likeness (QED) is 0.510. The first-order valence-corrected chi connectivity index (χ1v) is 10.3. The molecule has 1 amide bonds. The second-order valence-corrected chi connectivity index (χ2v) is 7.78. The van der Waals surface area contributed by atoms with Crippen molar-refractivity contribution >= 4 is 32.6 Å². The molecule has 3 rings (SSSR count). The number of nitrogens with zero attached hydrogens (tertiary/aromatic N) is 3. The Morgan fingerprint density at radius 3 is 2.37 bits per heavy atom. The maximum Gasteiger partial charge on any atom is 0.266 e. The van der Waals surface area contributed by atoms with Crippen LogP contribution in [0, 0.1) is 11.6 Å². The van der Waals surface area contributed by atoms with Crippen LogP contribution in [0.15, 0.2) is 36.4 Å². The van der Waals surface area contributed by atoms with Crippen molar-refractivity contribution in [3.8, 4) is 11.5 Å². The molecule has 0 aliphatic heterocycles. The zero-order valence-electron chi connectivity index (χ0n) is 17.0. The summed E-state index contributed by atoms with van der Waals surface area (Å²) >= 11 is 1.07. The van der Waals surface area contributed by atoms with Crippen molar-refractivity contribution in [2.75, 3.05) is 45.3 Å². The largest absolute Gasteiger partial charge is 0.494 e. The van der Waals surface area contributed by atoms with Crippen molar-refractivity contribution in [1.29, 1.82) is 0 Å². The topological polar surface area (TPSA) is 54.9 Å². The number of fused-ring (bicyclic) bond motifs is 1. The molecule has 0 saturated carbocycles. The third-order valence-electron chi connectivity index (χ3n) is 4.20. The van der Waals surface area contributed by atoms with Crippen molar-refractivity contribution in [3.63, 3.8) is 0 Å². The number of carbonyl (C=O) groups is 1. The van der Waals surface area contributed by atoms with Gasteiger partial charge in [-0.15, -0.1) is 0 Å². The third-order valence-corrected chi connectivity index (χ3v) is 5.23. The Morgan fingerprint density at radius 2 is 1.73 bits per heavy atom. The molecule has 0 N–H and O–H groups in total. The van der Waals surface area contributed by atoms with E-state index in [-0.39, 0.29) is 18.0 Å². The van der Waals surface area contributed by atoms with Crippen LogP contribution in [0.1, 0.15) is 6.92 Å². The Kier molecular flexibility index (Phi) is 7.17. The second-order valence-electron chi connectivity index (χ2n) is 6.77. The van der Waals surface area contributed by atoms with E-state index in [0.717, 1.165) is 17.4 Å². The van der Waals surface area contributed by atoms with Crippen LogP contribution in [0.3, 0.4) is 0 Å². The molecule has 30 heavy (non-hydrogen) atoms. The van der Waals surface area contributed by atoms with Crippen LogP contribution in [0.5, 0.6) is 11.5 Å². The maximum absolute atomic E-state index is 14.1. The molecule has 2 aromatic carbocycles. The van der Waals surface area contributed by atoms with Gasteiger partial charge in [0.15, 0.2) is 17.6 Å². The van der Waals surface area contributed by atoms with Crippen molar-refractivity contribution in [1.82, 2.24) is 9.88 Å². The molecule has 0 fully saturated rings. The molecule has 0 spiro atoms. The summed E-state index contributed by atoms with van der Waals surface area (Å²) in [4.78, 5) is 20.5. The Bertz CT molecular complexity index is 1010. The van der Waals surface area contributed by atoms with Crippen molar-refractivity contribution in [2.45, 2.75) is 6.92 Å². The number of hydrogen-bond acceptors (Lipinski definition) is 6. The van der Waals surface area contributed by atoms with Gasteiger partial charge < -0.3 is 14.4 Å². The average molecular weight is 435 g/mol. The summed E-state index contributed by atoms with van der Waals surface area (Å²) in [6, 6.07) is 8.96. The van der Waals surface area contributed by atoms with Crippen LogP contribution >= 0.6 is 11.3 Å². The molecular weight excluding hydrogens is 412 g/mol. The Morgan fingerprint density at radius 1 is 1.07 bits per heavy atom. The van der Waals surface area contributed by atoms with Crippen molar-refractivity contribution in [3.05, 3.63) is 48.0 Å². The number of anilines is 1. The van der Waals surface area contributed by atoms with Crippen molar-refractivity contribution in [2.24, 2.45) is 0 Å². The minimum Gasteiger partial charge on any atom is -0.494 e. The molecule has 0 radical (unpaired) electrons. The SMILES string of the molecule is CCOc1ccc(OCC(=O)N(CCN(C)C)c2nc3c(F)cc(F)cc3s2)cc1. The molecule has 1 heterocycles. The maximum atomic E-state index is 14.1. The first-order valence-electron chi connectivity index (χ1n) is 9.43. The van der Waals surface area contributed by atoms with Gasteiger partial charge in [0.2, 0.25) is 0 Å². The molecule has 0 saturated heterocycles. The number of carbonyl (C=O) groups excluding carboxylic acids is 1. The molecule has 3 aromatic rings. The highest BCUT2D eigenvalue weighted by molar-refractivity contribution is 7.22. The summed E-state index contributed by atoms with van der Waals surface area (Å²) < 4.78 is 38.9. The van der Waals surface area contributed by atoms with E-state index in [9.17, 15) is 13.6 Å². The molecule has 0 aliphatic carbocycles. The van der Waals surface area contributed by atoms with E-state index < -0.39 is 11.6 Å². The van der Waals surface area contributed by atoms with E-state index in [1.54, 1.807) is 24.3 Å². The predicted octanol–water partition coefficient (Wildman–Crippen LogP) is 3.95. The lowest BCUT2D eigenvalue weighted by molar-refractivity contribution is -0.120. The number of rotatable bonds is 9. The van der Waals surface area contributed by atoms with E-state index in [0.29, 0.717) is 41.0 Å². The summed E-state index contributed by atoms with van der Waals surface area (Å²) in [7, 11) is 3.76. The van der Waals surface area contributed by atoms with Gasteiger partial charge in [0.1, 0.15) is 22.8 Å². The summed E-state index contributed by atoms with van der Waals surface area (Å²) in [6.45, 7) is 3.15. The highest BCUT2D eigenvalue weighted by atomic mass is 32.1. The highest BCUT2D eigenvalue weighted by Crippen LogP contribution is 2.31. The summed E-state index contributed by atoms with van der Waals surface area (Å²) in [5.74, 6) is -0.520. The summed E-state index contributed by atoms with van der Waals surface area (Å²) in [5.41, 5.74) is 0.0477. The van der Waals surface area contributed by atoms with E-state index in [1.165, 1.54) is 11.0 Å². The van der Waals surface area contributed by atoms with E-state index in [1.807, 2.05) is 25.9 Å². The number of ether oxygens (including phenoxy) is 2. The number of hydrogen-bond donors (Lipinski definition) is 0. The molecule has 0 bridgehead atoms. The highest BCUT2D eigenvalue weighted by Gasteiger charge is 2.22. The fourth-order valence-electron chi connectivity index (χ4n) is 2.71. The third kappa shape index (κ3) is 5.43. The second kappa shape index (κ2) is 9.82.